The van der Waals surface area contributed by atoms with Gasteiger partial charge in [-0.3, -0.25) is 0 Å². The van der Waals surface area contributed by atoms with E-state index in [0.717, 1.165) is 0 Å². The summed E-state index contributed by atoms with van der Waals surface area (Å²) in [6, 6.07) is 19.3. The maximum Gasteiger partial charge on any atom is 2.00 e. The third-order valence-electron chi connectivity index (χ3n) is 3.66. The van der Waals surface area contributed by atoms with E-state index in [1.54, 1.807) is 0 Å². The Morgan fingerprint density at radius 1 is 0.833 bits per heavy atom. The van der Waals surface area contributed by atoms with Gasteiger partial charge in [-0.25, -0.2) is 0 Å². The summed E-state index contributed by atoms with van der Waals surface area (Å²) in [5.41, 5.74) is 2.56. The summed E-state index contributed by atoms with van der Waals surface area (Å²) < 4.78 is 0. The summed E-state index contributed by atoms with van der Waals surface area (Å²) in [6.07, 6.45) is 9.10. The fraction of sp³-hybridized carbons (Fsp3) is 0.0952. The van der Waals surface area contributed by atoms with E-state index in [0.29, 0.717) is 0 Å². The number of allylic oxidation sites excluding steroid dienone is 6. The summed E-state index contributed by atoms with van der Waals surface area (Å²) in [5.74, 6) is 0. The van der Waals surface area contributed by atoms with Crippen LogP contribution >= 0.6 is 24.8 Å². The molecule has 3 aromatic carbocycles. The average molecular weight is 435 g/mol. The van der Waals surface area contributed by atoms with Crippen LogP contribution in [0.5, 0.6) is 0 Å². The maximum absolute atomic E-state index is 3.10. The fourth-order valence-electron chi connectivity index (χ4n) is 2.55. The number of hydrogen-bond acceptors (Lipinski definition) is 0. The van der Waals surface area contributed by atoms with Crippen LogP contribution in [-0.4, -0.2) is 0 Å². The molecule has 0 nitrogen and oxygen atoms in total. The SMILES string of the molecule is CC(C)=C1[C-]=CC=C1.Cl.Cl.[Zr+2].c1ccc2c(c1)[cH-]c1ccccc12. The van der Waals surface area contributed by atoms with E-state index in [9.17, 15) is 0 Å². The van der Waals surface area contributed by atoms with Crippen molar-refractivity contribution in [1.29, 1.82) is 0 Å². The van der Waals surface area contributed by atoms with Crippen LogP contribution in [0.15, 0.2) is 84.0 Å². The molecular weight excluding hydrogens is 414 g/mol. The summed E-state index contributed by atoms with van der Waals surface area (Å²) in [4.78, 5) is 0. The van der Waals surface area contributed by atoms with E-state index in [4.69, 9.17) is 0 Å². The van der Waals surface area contributed by atoms with Crippen LogP contribution in [0.25, 0.3) is 21.5 Å². The molecule has 24 heavy (non-hydrogen) atoms. The summed E-state index contributed by atoms with van der Waals surface area (Å²) >= 11 is 0. The molecule has 0 N–H and O–H groups in total. The maximum atomic E-state index is 3.10. The van der Waals surface area contributed by atoms with Gasteiger partial charge < -0.3 is 0 Å². The van der Waals surface area contributed by atoms with E-state index in [1.165, 1.54) is 32.7 Å². The molecular formula is C21H20Cl2Zr. The Labute approximate surface area is 175 Å². The van der Waals surface area contributed by atoms with Crippen molar-refractivity contribution in [3.05, 3.63) is 90.0 Å². The minimum atomic E-state index is 0. The predicted molar refractivity (Wildman–Crippen MR) is 107 cm³/mol. The third kappa shape index (κ3) is 5.25. The number of fused-ring (bicyclic) bond motifs is 3. The monoisotopic (exact) mass is 432 g/mol. The van der Waals surface area contributed by atoms with E-state index >= 15 is 0 Å². The molecule has 0 aliphatic heterocycles. The van der Waals surface area contributed by atoms with Crippen LogP contribution in [0, 0.1) is 6.08 Å². The van der Waals surface area contributed by atoms with Gasteiger partial charge in [0.15, 0.2) is 0 Å². The van der Waals surface area contributed by atoms with Crippen molar-refractivity contribution < 1.29 is 26.2 Å². The van der Waals surface area contributed by atoms with Gasteiger partial charge in [0.25, 0.3) is 0 Å². The van der Waals surface area contributed by atoms with Crippen molar-refractivity contribution in [2.45, 2.75) is 13.8 Å². The zero-order valence-corrected chi connectivity index (χ0v) is 17.8. The Morgan fingerprint density at radius 3 is 1.71 bits per heavy atom. The summed E-state index contributed by atoms with van der Waals surface area (Å²) in [7, 11) is 0. The molecule has 4 rings (SSSR count). The van der Waals surface area contributed by atoms with E-state index in [2.05, 4.69) is 80.6 Å². The van der Waals surface area contributed by atoms with E-state index in [-0.39, 0.29) is 51.0 Å². The van der Waals surface area contributed by atoms with Gasteiger partial charge in [-0.15, -0.1) is 76.2 Å². The van der Waals surface area contributed by atoms with Crippen LogP contribution in [-0.2, 0) is 26.2 Å². The normalized spacial score (nSPS) is 11.2. The van der Waals surface area contributed by atoms with Gasteiger partial charge in [-0.05, 0) is 0 Å². The third-order valence-corrected chi connectivity index (χ3v) is 3.66. The molecule has 0 fully saturated rings. The molecule has 0 aromatic heterocycles. The Bertz CT molecular complexity index is 801. The van der Waals surface area contributed by atoms with Gasteiger partial charge in [-0.2, -0.15) is 23.8 Å². The first-order valence-corrected chi connectivity index (χ1v) is 7.23. The smallest absolute Gasteiger partial charge is 0.177 e. The van der Waals surface area contributed by atoms with Crippen LogP contribution in [0.1, 0.15) is 13.8 Å². The van der Waals surface area contributed by atoms with Gasteiger partial charge in [0, 0.05) is 0 Å². The molecule has 0 saturated carbocycles. The minimum absolute atomic E-state index is 0. The quantitative estimate of drug-likeness (QED) is 0.341. The van der Waals surface area contributed by atoms with Crippen LogP contribution in [0.3, 0.4) is 0 Å². The van der Waals surface area contributed by atoms with E-state index in [1.807, 2.05) is 12.2 Å². The van der Waals surface area contributed by atoms with Crippen LogP contribution in [0.2, 0.25) is 0 Å². The Hall–Kier alpha value is -1.01. The number of halogens is 2. The molecule has 1 aliphatic rings. The first-order chi connectivity index (χ1) is 10.3. The van der Waals surface area contributed by atoms with Crippen LogP contribution in [0.4, 0.5) is 0 Å². The molecule has 0 saturated heterocycles. The topological polar surface area (TPSA) is 0 Å². The first-order valence-electron chi connectivity index (χ1n) is 7.23. The Morgan fingerprint density at radius 2 is 1.33 bits per heavy atom. The minimum Gasteiger partial charge on any atom is -0.177 e. The zero-order chi connectivity index (χ0) is 14.7. The molecule has 1 aliphatic carbocycles. The second-order valence-corrected chi connectivity index (χ2v) is 5.40. The molecule has 3 aromatic rings. The van der Waals surface area contributed by atoms with Crippen molar-refractivity contribution in [3.63, 3.8) is 0 Å². The van der Waals surface area contributed by atoms with Gasteiger partial charge in [0.05, 0.1) is 0 Å². The number of hydrogen-bond donors (Lipinski definition) is 0. The molecule has 0 amide bonds. The van der Waals surface area contributed by atoms with E-state index < -0.39 is 0 Å². The van der Waals surface area contributed by atoms with Crippen molar-refractivity contribution in [2.24, 2.45) is 0 Å². The van der Waals surface area contributed by atoms with Gasteiger partial charge in [0.2, 0.25) is 0 Å². The van der Waals surface area contributed by atoms with Gasteiger partial charge in [-0.1, -0.05) is 50.2 Å². The largest absolute Gasteiger partial charge is 2.00 e. The van der Waals surface area contributed by atoms with Crippen LogP contribution < -0.4 is 0 Å². The van der Waals surface area contributed by atoms with Crippen molar-refractivity contribution >= 4 is 46.4 Å². The molecule has 0 spiro atoms. The zero-order valence-electron chi connectivity index (χ0n) is 13.7. The molecule has 0 bridgehead atoms. The fourth-order valence-corrected chi connectivity index (χ4v) is 2.55. The standard InChI is InChI=1S/C13H9.C8H9.2ClH.Zr/c1-3-7-12-10(5-1)9-11-6-2-4-8-13(11)12;1-7(2)8-5-3-4-6-8;;;/h1-9H;3-5H,1-2H3;2*1H;/q2*-1;;;+2. The molecule has 3 heteroatoms. The number of rotatable bonds is 0. The predicted octanol–water partition coefficient (Wildman–Crippen LogP) is 6.80. The summed E-state index contributed by atoms with van der Waals surface area (Å²) in [5, 5.41) is 5.39. The molecule has 0 unspecified atom stereocenters. The van der Waals surface area contributed by atoms with Crippen molar-refractivity contribution in [2.75, 3.05) is 0 Å². The Balaban J connectivity index is 0.000000429. The first kappa shape index (κ1) is 23.0. The second kappa shape index (κ2) is 10.8. The molecule has 0 atom stereocenters. The Kier molecular flexibility index (Phi) is 10.3. The average Bonchev–Trinajstić information content (AvgIpc) is 3.15. The van der Waals surface area contributed by atoms with Crippen molar-refractivity contribution in [3.8, 4) is 0 Å². The summed E-state index contributed by atoms with van der Waals surface area (Å²) in [6.45, 7) is 4.18. The molecule has 0 heterocycles. The molecule has 0 radical (unpaired) electrons. The van der Waals surface area contributed by atoms with Crippen molar-refractivity contribution in [1.82, 2.24) is 0 Å². The second-order valence-electron chi connectivity index (χ2n) is 5.40. The molecule has 122 valence electrons. The van der Waals surface area contributed by atoms with Gasteiger partial charge in [0.1, 0.15) is 0 Å². The van der Waals surface area contributed by atoms with Gasteiger partial charge >= 0.3 is 26.2 Å². The number of benzene rings is 2.